The van der Waals surface area contributed by atoms with Gasteiger partial charge in [-0.3, -0.25) is 14.6 Å². The molecule has 2 N–H and O–H groups in total. The van der Waals surface area contributed by atoms with E-state index in [1.54, 1.807) is 22.4 Å². The van der Waals surface area contributed by atoms with E-state index in [0.29, 0.717) is 21.7 Å². The van der Waals surface area contributed by atoms with Crippen LogP contribution in [0.4, 0.5) is 0 Å². The van der Waals surface area contributed by atoms with Gasteiger partial charge in [-0.2, -0.15) is 0 Å². The minimum atomic E-state index is -0.343. The second-order valence-electron chi connectivity index (χ2n) is 5.95. The fourth-order valence-corrected chi connectivity index (χ4v) is 4.44. The molecule has 0 spiro atoms. The van der Waals surface area contributed by atoms with Crippen LogP contribution in [0.5, 0.6) is 0 Å². The number of hydrogen-bond acceptors (Lipinski definition) is 7. The van der Waals surface area contributed by atoms with Crippen molar-refractivity contribution < 1.29 is 9.59 Å². The van der Waals surface area contributed by atoms with Crippen LogP contribution in [0, 0.1) is 0 Å². The van der Waals surface area contributed by atoms with Crippen LogP contribution in [0.2, 0.25) is 0 Å². The number of carbonyl (C=O) groups excluding carboxylic acids is 2. The molecule has 1 atom stereocenters. The standard InChI is InChI=1S/C17H19BrN6O2S2/c1-10(20-15(26)11-5-3-4-6-12(11)18)14-22-23-17(24(14)2)28-9-13(25)21-16-19-7-8-27-16/h3-6,10H,7-9H2,1-2H3,(H,20,26)(H,19,21,25)/t10-/m0/s1. The van der Waals surface area contributed by atoms with Crippen molar-refractivity contribution in [3.63, 3.8) is 0 Å². The molecule has 0 aliphatic carbocycles. The second-order valence-corrected chi connectivity index (χ2v) is 8.83. The first kappa shape index (κ1) is 20.9. The van der Waals surface area contributed by atoms with Crippen LogP contribution in [0.25, 0.3) is 0 Å². The van der Waals surface area contributed by atoms with Gasteiger partial charge in [-0.05, 0) is 35.0 Å². The Bertz CT molecular complexity index is 917. The minimum absolute atomic E-state index is 0.127. The Kier molecular flexibility index (Phi) is 7.13. The summed E-state index contributed by atoms with van der Waals surface area (Å²) in [4.78, 5) is 28.7. The van der Waals surface area contributed by atoms with Crippen LogP contribution in [-0.2, 0) is 11.8 Å². The maximum atomic E-state index is 12.5. The maximum absolute atomic E-state index is 12.5. The summed E-state index contributed by atoms with van der Waals surface area (Å²) in [6.07, 6.45) is 0. The van der Waals surface area contributed by atoms with Gasteiger partial charge in [0.25, 0.3) is 5.91 Å². The number of benzene rings is 1. The molecule has 148 valence electrons. The monoisotopic (exact) mass is 482 g/mol. The summed E-state index contributed by atoms with van der Waals surface area (Å²) >= 11 is 6.21. The Balaban J connectivity index is 1.58. The zero-order valence-corrected chi connectivity index (χ0v) is 18.5. The van der Waals surface area contributed by atoms with Gasteiger partial charge in [0.15, 0.2) is 16.1 Å². The summed E-state index contributed by atoms with van der Waals surface area (Å²) in [6, 6.07) is 6.88. The van der Waals surface area contributed by atoms with E-state index in [9.17, 15) is 9.59 Å². The molecule has 1 aliphatic rings. The van der Waals surface area contributed by atoms with Crippen LogP contribution in [0.3, 0.4) is 0 Å². The first-order valence-electron chi connectivity index (χ1n) is 8.50. The summed E-state index contributed by atoms with van der Waals surface area (Å²) in [5, 5.41) is 15.3. The molecule has 0 radical (unpaired) electrons. The van der Waals surface area contributed by atoms with E-state index >= 15 is 0 Å². The van der Waals surface area contributed by atoms with E-state index in [2.05, 4.69) is 41.8 Å². The molecular formula is C17H19BrN6O2S2. The zero-order valence-electron chi connectivity index (χ0n) is 15.3. The van der Waals surface area contributed by atoms with E-state index < -0.39 is 0 Å². The van der Waals surface area contributed by atoms with Gasteiger partial charge in [0, 0.05) is 17.3 Å². The zero-order chi connectivity index (χ0) is 20.1. The highest BCUT2D eigenvalue weighted by Crippen LogP contribution is 2.21. The molecule has 28 heavy (non-hydrogen) atoms. The number of aromatic nitrogens is 3. The molecule has 2 amide bonds. The Morgan fingerprint density at radius 2 is 2.14 bits per heavy atom. The van der Waals surface area contributed by atoms with Crippen LogP contribution in [0.1, 0.15) is 29.1 Å². The molecule has 1 aromatic carbocycles. The molecule has 11 heteroatoms. The molecule has 0 bridgehead atoms. The summed E-state index contributed by atoms with van der Waals surface area (Å²) in [7, 11) is 1.81. The minimum Gasteiger partial charge on any atom is -0.342 e. The smallest absolute Gasteiger partial charge is 0.253 e. The molecule has 0 saturated carbocycles. The van der Waals surface area contributed by atoms with Crippen molar-refractivity contribution in [1.29, 1.82) is 0 Å². The summed E-state index contributed by atoms with van der Waals surface area (Å²) in [5.41, 5.74) is 0.551. The molecule has 1 aromatic heterocycles. The van der Waals surface area contributed by atoms with Crippen molar-refractivity contribution in [3.05, 3.63) is 40.1 Å². The third-order valence-electron chi connectivity index (χ3n) is 3.89. The number of aliphatic imine (C=N–C) groups is 1. The van der Waals surface area contributed by atoms with Crippen molar-refractivity contribution in [2.24, 2.45) is 12.0 Å². The van der Waals surface area contributed by atoms with E-state index in [-0.39, 0.29) is 23.6 Å². The topological polar surface area (TPSA) is 101 Å². The molecule has 0 fully saturated rings. The molecule has 0 unspecified atom stereocenters. The molecular weight excluding hydrogens is 464 g/mol. The first-order chi connectivity index (χ1) is 13.5. The lowest BCUT2D eigenvalue weighted by molar-refractivity contribution is -0.117. The predicted octanol–water partition coefficient (Wildman–Crippen LogP) is 2.38. The molecule has 8 nitrogen and oxygen atoms in total. The third kappa shape index (κ3) is 5.15. The molecule has 1 aliphatic heterocycles. The van der Waals surface area contributed by atoms with Crippen LogP contribution >= 0.6 is 39.5 Å². The van der Waals surface area contributed by atoms with Gasteiger partial charge < -0.3 is 15.2 Å². The van der Waals surface area contributed by atoms with Gasteiger partial charge in [-0.1, -0.05) is 35.7 Å². The summed E-state index contributed by atoms with van der Waals surface area (Å²) in [5.74, 6) is 1.39. The van der Waals surface area contributed by atoms with Crippen LogP contribution in [-0.4, -0.2) is 49.8 Å². The van der Waals surface area contributed by atoms with Crippen LogP contribution in [0.15, 0.2) is 38.9 Å². The number of amidine groups is 1. The molecule has 0 saturated heterocycles. The van der Waals surface area contributed by atoms with E-state index in [0.717, 1.165) is 16.8 Å². The number of thioether (sulfide) groups is 2. The van der Waals surface area contributed by atoms with Crippen LogP contribution < -0.4 is 10.6 Å². The number of carbonyl (C=O) groups is 2. The largest absolute Gasteiger partial charge is 0.342 e. The Hall–Kier alpha value is -1.85. The van der Waals surface area contributed by atoms with Gasteiger partial charge in [0.05, 0.1) is 23.9 Å². The number of amides is 2. The van der Waals surface area contributed by atoms with Crippen molar-refractivity contribution in [2.75, 3.05) is 18.1 Å². The molecule has 2 heterocycles. The average molecular weight is 483 g/mol. The summed E-state index contributed by atoms with van der Waals surface area (Å²) in [6.45, 7) is 2.58. The van der Waals surface area contributed by atoms with Gasteiger partial charge in [-0.25, -0.2) is 0 Å². The number of nitrogens with zero attached hydrogens (tertiary/aromatic N) is 4. The second kappa shape index (κ2) is 9.57. The van der Waals surface area contributed by atoms with E-state index in [4.69, 9.17) is 0 Å². The number of rotatable bonds is 6. The van der Waals surface area contributed by atoms with E-state index in [1.165, 1.54) is 11.8 Å². The summed E-state index contributed by atoms with van der Waals surface area (Å²) < 4.78 is 2.51. The van der Waals surface area contributed by atoms with Crippen molar-refractivity contribution in [2.45, 2.75) is 18.1 Å². The number of halogens is 1. The Morgan fingerprint density at radius 1 is 1.36 bits per heavy atom. The highest BCUT2D eigenvalue weighted by Gasteiger charge is 2.20. The highest BCUT2D eigenvalue weighted by molar-refractivity contribution is 9.10. The Labute approximate surface area is 179 Å². The quantitative estimate of drug-likeness (QED) is 0.612. The van der Waals surface area contributed by atoms with Crippen molar-refractivity contribution in [3.8, 4) is 0 Å². The fourth-order valence-electron chi connectivity index (χ4n) is 2.51. The predicted molar refractivity (Wildman–Crippen MR) is 115 cm³/mol. The third-order valence-corrected chi connectivity index (χ3v) is 6.49. The molecule has 2 aromatic rings. The maximum Gasteiger partial charge on any atom is 0.253 e. The SMILES string of the molecule is C[C@H](NC(=O)c1ccccc1Br)c1nnc(SCC(=O)NC2=NCCS2)n1C. The first-order valence-corrected chi connectivity index (χ1v) is 11.3. The Morgan fingerprint density at radius 3 is 2.86 bits per heavy atom. The highest BCUT2D eigenvalue weighted by atomic mass is 79.9. The normalized spacial score (nSPS) is 14.5. The van der Waals surface area contributed by atoms with Crippen molar-refractivity contribution >= 4 is 56.4 Å². The van der Waals surface area contributed by atoms with E-state index in [1.807, 2.05) is 32.2 Å². The number of nitrogens with one attached hydrogen (secondary N) is 2. The fraction of sp³-hybridized carbons (Fsp3) is 0.353. The number of hydrogen-bond donors (Lipinski definition) is 2. The van der Waals surface area contributed by atoms with Gasteiger partial charge in [-0.15, -0.1) is 10.2 Å². The lowest BCUT2D eigenvalue weighted by Gasteiger charge is -2.14. The lowest BCUT2D eigenvalue weighted by Crippen LogP contribution is -2.29. The van der Waals surface area contributed by atoms with Gasteiger partial charge >= 0.3 is 0 Å². The molecule has 3 rings (SSSR count). The average Bonchev–Trinajstić information content (AvgIpc) is 3.30. The van der Waals surface area contributed by atoms with Gasteiger partial charge in [0.2, 0.25) is 5.91 Å². The van der Waals surface area contributed by atoms with Gasteiger partial charge in [0.1, 0.15) is 0 Å². The van der Waals surface area contributed by atoms with Crippen molar-refractivity contribution in [1.82, 2.24) is 25.4 Å². The lowest BCUT2D eigenvalue weighted by atomic mass is 10.2.